The van der Waals surface area contributed by atoms with Crippen molar-refractivity contribution in [3.8, 4) is 0 Å². The molecule has 0 N–H and O–H groups in total. The molecule has 1 aromatic rings. The Bertz CT molecular complexity index is 462. The van der Waals surface area contributed by atoms with Crippen LogP contribution in [0.3, 0.4) is 0 Å². The Hall–Kier alpha value is -1.59. The highest BCUT2D eigenvalue weighted by atomic mass is 16.5. The summed E-state index contributed by atoms with van der Waals surface area (Å²) >= 11 is 0. The minimum Gasteiger partial charge on any atom is -0.468 e. The van der Waals surface area contributed by atoms with E-state index in [0.717, 1.165) is 51.6 Å². The van der Waals surface area contributed by atoms with Crippen molar-refractivity contribution < 1.29 is 14.1 Å². The lowest BCUT2D eigenvalue weighted by molar-refractivity contribution is -0.144. The Morgan fingerprint density at radius 1 is 1.30 bits per heavy atom. The Labute approximate surface area is 118 Å². The van der Waals surface area contributed by atoms with Crippen LogP contribution in [0.5, 0.6) is 0 Å². The lowest BCUT2D eigenvalue weighted by Gasteiger charge is -2.17. The average Bonchev–Trinajstić information content (AvgIpc) is 3.20. The highest BCUT2D eigenvalue weighted by Crippen LogP contribution is 2.38. The number of aromatic nitrogens is 2. The molecule has 6 nitrogen and oxygen atoms in total. The highest BCUT2D eigenvalue weighted by Gasteiger charge is 2.37. The fourth-order valence-corrected chi connectivity index (χ4v) is 3.31. The van der Waals surface area contributed by atoms with Gasteiger partial charge in [-0.15, -0.1) is 0 Å². The number of carbonyl (C=O) groups is 1. The predicted molar refractivity (Wildman–Crippen MR) is 72.5 cm³/mol. The molecule has 0 aromatic carbocycles. The molecule has 2 heterocycles. The SMILES string of the molecule is COC(=O)C(c1nc(N2CCCC2)no1)C1CCCC1. The average molecular weight is 279 g/mol. The van der Waals surface area contributed by atoms with E-state index in [0.29, 0.717) is 11.8 Å². The molecule has 0 spiro atoms. The summed E-state index contributed by atoms with van der Waals surface area (Å²) in [7, 11) is 1.42. The number of rotatable bonds is 4. The molecule has 3 rings (SSSR count). The molecule has 1 aromatic heterocycles. The van der Waals surface area contributed by atoms with Crippen LogP contribution in [0, 0.1) is 5.92 Å². The lowest BCUT2D eigenvalue weighted by atomic mass is 9.91. The van der Waals surface area contributed by atoms with Gasteiger partial charge in [0.1, 0.15) is 5.92 Å². The number of carbonyl (C=O) groups excluding carboxylic acids is 1. The molecular weight excluding hydrogens is 258 g/mol. The van der Waals surface area contributed by atoms with Crippen molar-refractivity contribution in [2.24, 2.45) is 5.92 Å². The maximum atomic E-state index is 12.1. The maximum absolute atomic E-state index is 12.1. The van der Waals surface area contributed by atoms with E-state index in [4.69, 9.17) is 9.26 Å². The summed E-state index contributed by atoms with van der Waals surface area (Å²) in [6.07, 6.45) is 6.69. The molecule has 6 heteroatoms. The maximum Gasteiger partial charge on any atom is 0.318 e. The molecule has 1 unspecified atom stereocenters. The Morgan fingerprint density at radius 2 is 2.00 bits per heavy atom. The van der Waals surface area contributed by atoms with Crippen molar-refractivity contribution in [2.75, 3.05) is 25.1 Å². The second kappa shape index (κ2) is 5.81. The standard InChI is InChI=1S/C14H21N3O3/c1-19-13(18)11(10-6-2-3-7-10)12-15-14(16-20-12)17-8-4-5-9-17/h10-11H,2-9H2,1H3. The van der Waals surface area contributed by atoms with E-state index < -0.39 is 5.92 Å². The van der Waals surface area contributed by atoms with Crippen LogP contribution in [0.2, 0.25) is 0 Å². The zero-order valence-electron chi connectivity index (χ0n) is 11.9. The number of anilines is 1. The van der Waals surface area contributed by atoms with Crippen molar-refractivity contribution >= 4 is 11.9 Å². The number of methoxy groups -OCH3 is 1. The zero-order chi connectivity index (χ0) is 13.9. The number of hydrogen-bond donors (Lipinski definition) is 0. The topological polar surface area (TPSA) is 68.5 Å². The molecule has 1 aliphatic heterocycles. The van der Waals surface area contributed by atoms with Gasteiger partial charge in [0.05, 0.1) is 7.11 Å². The zero-order valence-corrected chi connectivity index (χ0v) is 11.9. The molecule has 2 aliphatic rings. The van der Waals surface area contributed by atoms with Gasteiger partial charge in [0, 0.05) is 13.1 Å². The highest BCUT2D eigenvalue weighted by molar-refractivity contribution is 5.77. The first-order valence-corrected chi connectivity index (χ1v) is 7.46. The van der Waals surface area contributed by atoms with Gasteiger partial charge in [0.15, 0.2) is 0 Å². The number of hydrogen-bond acceptors (Lipinski definition) is 6. The van der Waals surface area contributed by atoms with E-state index >= 15 is 0 Å². The fourth-order valence-electron chi connectivity index (χ4n) is 3.31. The summed E-state index contributed by atoms with van der Waals surface area (Å²) in [6.45, 7) is 1.93. The quantitative estimate of drug-likeness (QED) is 0.786. The van der Waals surface area contributed by atoms with Gasteiger partial charge in [-0.2, -0.15) is 4.98 Å². The summed E-state index contributed by atoms with van der Waals surface area (Å²) in [5, 5.41) is 4.04. The predicted octanol–water partition coefficient (Wildman–Crippen LogP) is 2.12. The Morgan fingerprint density at radius 3 is 2.65 bits per heavy atom. The second-order valence-corrected chi connectivity index (χ2v) is 5.67. The first kappa shape index (κ1) is 13.4. The van der Waals surface area contributed by atoms with Crippen molar-refractivity contribution in [1.29, 1.82) is 0 Å². The van der Waals surface area contributed by atoms with Gasteiger partial charge in [0.2, 0.25) is 5.89 Å². The van der Waals surface area contributed by atoms with Gasteiger partial charge in [-0.3, -0.25) is 4.79 Å². The van der Waals surface area contributed by atoms with Gasteiger partial charge in [0.25, 0.3) is 5.95 Å². The third-order valence-corrected chi connectivity index (χ3v) is 4.41. The Kier molecular flexibility index (Phi) is 3.89. The van der Waals surface area contributed by atoms with Gasteiger partial charge in [-0.1, -0.05) is 12.8 Å². The molecule has 110 valence electrons. The van der Waals surface area contributed by atoms with Crippen LogP contribution in [-0.4, -0.2) is 36.3 Å². The summed E-state index contributed by atoms with van der Waals surface area (Å²) < 4.78 is 10.3. The van der Waals surface area contributed by atoms with Crippen LogP contribution in [0.15, 0.2) is 4.52 Å². The van der Waals surface area contributed by atoms with E-state index in [-0.39, 0.29) is 11.9 Å². The van der Waals surface area contributed by atoms with Crippen molar-refractivity contribution in [3.63, 3.8) is 0 Å². The summed E-state index contributed by atoms with van der Waals surface area (Å²) in [5.41, 5.74) is 0. The van der Waals surface area contributed by atoms with Crippen LogP contribution < -0.4 is 4.90 Å². The first-order chi connectivity index (χ1) is 9.79. The van der Waals surface area contributed by atoms with Gasteiger partial charge < -0.3 is 14.2 Å². The number of esters is 1. The third kappa shape index (κ3) is 2.51. The van der Waals surface area contributed by atoms with E-state index in [1.165, 1.54) is 7.11 Å². The second-order valence-electron chi connectivity index (χ2n) is 5.67. The molecule has 0 radical (unpaired) electrons. The van der Waals surface area contributed by atoms with E-state index in [1.807, 2.05) is 0 Å². The van der Waals surface area contributed by atoms with Crippen LogP contribution in [0.1, 0.15) is 50.3 Å². The van der Waals surface area contributed by atoms with Crippen molar-refractivity contribution in [3.05, 3.63) is 5.89 Å². The minimum atomic E-state index is -0.397. The van der Waals surface area contributed by atoms with Crippen molar-refractivity contribution in [1.82, 2.24) is 10.1 Å². The van der Waals surface area contributed by atoms with E-state index in [2.05, 4.69) is 15.0 Å². The molecular formula is C14H21N3O3. The smallest absolute Gasteiger partial charge is 0.318 e. The molecule has 1 aliphatic carbocycles. The van der Waals surface area contributed by atoms with Crippen LogP contribution in [0.4, 0.5) is 5.95 Å². The largest absolute Gasteiger partial charge is 0.468 e. The molecule has 1 saturated carbocycles. The van der Waals surface area contributed by atoms with Crippen LogP contribution in [-0.2, 0) is 9.53 Å². The molecule has 2 fully saturated rings. The lowest BCUT2D eigenvalue weighted by Crippen LogP contribution is -2.22. The normalized spacial score (nSPS) is 21.4. The Balaban J connectivity index is 1.81. The third-order valence-electron chi connectivity index (χ3n) is 4.41. The van der Waals surface area contributed by atoms with E-state index in [1.54, 1.807) is 0 Å². The monoisotopic (exact) mass is 279 g/mol. The van der Waals surface area contributed by atoms with Gasteiger partial charge in [-0.25, -0.2) is 0 Å². The molecule has 1 atom stereocenters. The van der Waals surface area contributed by atoms with E-state index in [9.17, 15) is 4.79 Å². The molecule has 1 saturated heterocycles. The minimum absolute atomic E-state index is 0.256. The molecule has 20 heavy (non-hydrogen) atoms. The fraction of sp³-hybridized carbons (Fsp3) is 0.786. The van der Waals surface area contributed by atoms with Crippen molar-refractivity contribution in [2.45, 2.75) is 44.4 Å². The summed E-state index contributed by atoms with van der Waals surface area (Å²) in [5.74, 6) is 0.657. The summed E-state index contributed by atoms with van der Waals surface area (Å²) in [6, 6.07) is 0. The summed E-state index contributed by atoms with van der Waals surface area (Å²) in [4.78, 5) is 18.6. The number of nitrogens with zero attached hydrogens (tertiary/aromatic N) is 3. The first-order valence-electron chi connectivity index (χ1n) is 7.46. The van der Waals surface area contributed by atoms with Crippen LogP contribution in [0.25, 0.3) is 0 Å². The molecule has 0 bridgehead atoms. The van der Waals surface area contributed by atoms with Crippen LogP contribution >= 0.6 is 0 Å². The molecule has 0 amide bonds. The van der Waals surface area contributed by atoms with Gasteiger partial charge >= 0.3 is 5.97 Å². The van der Waals surface area contributed by atoms with Gasteiger partial charge in [-0.05, 0) is 36.8 Å². The number of ether oxygens (including phenoxy) is 1.